The second-order valence-corrected chi connectivity index (χ2v) is 7.46. The highest BCUT2D eigenvalue weighted by molar-refractivity contribution is 9.10. The number of aryl methyl sites for hydroxylation is 1. The number of fused-ring (bicyclic) bond motifs is 1. The summed E-state index contributed by atoms with van der Waals surface area (Å²) in [6, 6.07) is 8.38. The van der Waals surface area contributed by atoms with Crippen LogP contribution in [0, 0.1) is 6.92 Å². The van der Waals surface area contributed by atoms with Crippen molar-refractivity contribution >= 4 is 50.0 Å². The fraction of sp³-hybridized carbons (Fsp3) is 0.0588. The van der Waals surface area contributed by atoms with Crippen LogP contribution in [0.2, 0.25) is 10.0 Å². The van der Waals surface area contributed by atoms with E-state index in [4.69, 9.17) is 29.0 Å². The summed E-state index contributed by atoms with van der Waals surface area (Å²) >= 11 is 15.7. The number of nitrogens with two attached hydrogens (primary N) is 1. The monoisotopic (exact) mass is 464 g/mol. The van der Waals surface area contributed by atoms with Gasteiger partial charge < -0.3 is 5.84 Å². The SMILES string of the molecule is Cc1cc(Cl)cc2c(=O)n(N)c(-c3cc(Br)nn3-c3ncccc3Cl)nc12. The highest BCUT2D eigenvalue weighted by Crippen LogP contribution is 2.28. The van der Waals surface area contributed by atoms with Gasteiger partial charge in [0, 0.05) is 17.3 Å². The molecule has 0 fully saturated rings. The summed E-state index contributed by atoms with van der Waals surface area (Å²) in [6.45, 7) is 1.83. The van der Waals surface area contributed by atoms with E-state index in [1.807, 2.05) is 6.92 Å². The van der Waals surface area contributed by atoms with E-state index in [0.29, 0.717) is 37.1 Å². The molecule has 7 nitrogen and oxygen atoms in total. The summed E-state index contributed by atoms with van der Waals surface area (Å²) in [4.78, 5) is 21.7. The predicted molar refractivity (Wildman–Crippen MR) is 109 cm³/mol. The molecule has 136 valence electrons. The molecule has 0 bridgehead atoms. The molecule has 0 atom stereocenters. The Labute approximate surface area is 171 Å². The molecule has 0 unspecified atom stereocenters. The summed E-state index contributed by atoms with van der Waals surface area (Å²) in [7, 11) is 0. The quantitative estimate of drug-likeness (QED) is 0.455. The van der Waals surface area contributed by atoms with Gasteiger partial charge in [-0.3, -0.25) is 4.79 Å². The lowest BCUT2D eigenvalue weighted by molar-refractivity contribution is 0.822. The molecule has 4 rings (SSSR count). The molecule has 3 aromatic heterocycles. The van der Waals surface area contributed by atoms with Gasteiger partial charge in [0.05, 0.1) is 15.9 Å². The topological polar surface area (TPSA) is 91.6 Å². The molecular formula is C17H11BrCl2N6O. The van der Waals surface area contributed by atoms with Gasteiger partial charge in [0.25, 0.3) is 5.56 Å². The summed E-state index contributed by atoms with van der Waals surface area (Å²) in [5.74, 6) is 6.67. The maximum Gasteiger partial charge on any atom is 0.280 e. The number of hydrogen-bond acceptors (Lipinski definition) is 5. The van der Waals surface area contributed by atoms with Gasteiger partial charge >= 0.3 is 0 Å². The Morgan fingerprint density at radius 2 is 2.00 bits per heavy atom. The third kappa shape index (κ3) is 2.99. The maximum atomic E-state index is 12.8. The first-order valence-corrected chi connectivity index (χ1v) is 9.26. The van der Waals surface area contributed by atoms with E-state index >= 15 is 0 Å². The first-order valence-electron chi connectivity index (χ1n) is 7.71. The highest BCUT2D eigenvalue weighted by atomic mass is 79.9. The second kappa shape index (κ2) is 6.63. The standard InChI is InChI=1S/C17H11BrCl2N6O/c1-8-5-9(19)6-10-14(8)23-16(25(21)17(10)27)12-7-13(18)24-26(12)15-11(20)3-2-4-22-15/h2-7H,21H2,1H3. The zero-order chi connectivity index (χ0) is 19.3. The Balaban J connectivity index is 2.06. The molecular weight excluding hydrogens is 455 g/mol. The van der Waals surface area contributed by atoms with Crippen molar-refractivity contribution in [2.24, 2.45) is 0 Å². The molecule has 0 aliphatic rings. The van der Waals surface area contributed by atoms with Gasteiger partial charge in [-0.1, -0.05) is 23.2 Å². The van der Waals surface area contributed by atoms with Crippen molar-refractivity contribution in [1.29, 1.82) is 0 Å². The van der Waals surface area contributed by atoms with E-state index in [-0.39, 0.29) is 5.82 Å². The van der Waals surface area contributed by atoms with Crippen molar-refractivity contribution in [3.05, 3.63) is 67.1 Å². The minimum absolute atomic E-state index is 0.220. The number of rotatable bonds is 2. The Kier molecular flexibility index (Phi) is 4.41. The third-order valence-electron chi connectivity index (χ3n) is 4.01. The summed E-state index contributed by atoms with van der Waals surface area (Å²) < 4.78 is 2.96. The van der Waals surface area contributed by atoms with Crippen LogP contribution in [-0.2, 0) is 0 Å². The van der Waals surface area contributed by atoms with Crippen LogP contribution in [0.1, 0.15) is 5.56 Å². The number of nitrogen functional groups attached to an aromatic ring is 1. The minimum Gasteiger partial charge on any atom is -0.334 e. The fourth-order valence-electron chi connectivity index (χ4n) is 2.82. The molecule has 0 saturated carbocycles. The van der Waals surface area contributed by atoms with Gasteiger partial charge in [-0.05, 0) is 52.7 Å². The zero-order valence-electron chi connectivity index (χ0n) is 13.8. The smallest absolute Gasteiger partial charge is 0.280 e. The Hall–Kier alpha value is -2.42. The average Bonchev–Trinajstić information content (AvgIpc) is 3.00. The number of nitrogens with zero attached hydrogens (tertiary/aromatic N) is 5. The molecule has 10 heteroatoms. The van der Waals surface area contributed by atoms with Crippen LogP contribution in [0.3, 0.4) is 0 Å². The van der Waals surface area contributed by atoms with Crippen LogP contribution >= 0.6 is 39.1 Å². The van der Waals surface area contributed by atoms with Crippen LogP contribution in [-0.4, -0.2) is 24.4 Å². The number of pyridine rings is 1. The Morgan fingerprint density at radius 3 is 2.74 bits per heavy atom. The Bertz CT molecular complexity index is 1270. The number of benzene rings is 1. The van der Waals surface area contributed by atoms with Gasteiger partial charge in [-0.25, -0.2) is 19.3 Å². The number of aromatic nitrogens is 5. The number of halogens is 3. The third-order valence-corrected chi connectivity index (χ3v) is 4.91. The molecule has 27 heavy (non-hydrogen) atoms. The van der Waals surface area contributed by atoms with Crippen molar-refractivity contribution < 1.29 is 0 Å². The Morgan fingerprint density at radius 1 is 1.22 bits per heavy atom. The van der Waals surface area contributed by atoms with Gasteiger partial charge in [-0.2, -0.15) is 5.10 Å². The van der Waals surface area contributed by atoms with E-state index in [0.717, 1.165) is 10.2 Å². The van der Waals surface area contributed by atoms with Crippen molar-refractivity contribution in [3.63, 3.8) is 0 Å². The van der Waals surface area contributed by atoms with Crippen molar-refractivity contribution in [2.45, 2.75) is 6.92 Å². The van der Waals surface area contributed by atoms with Gasteiger partial charge in [-0.15, -0.1) is 0 Å². The molecule has 0 amide bonds. The molecule has 3 heterocycles. The maximum absolute atomic E-state index is 12.8. The van der Waals surface area contributed by atoms with E-state index in [2.05, 4.69) is 31.0 Å². The first kappa shape index (κ1) is 18.0. The largest absolute Gasteiger partial charge is 0.334 e. The molecule has 0 aliphatic carbocycles. The first-order chi connectivity index (χ1) is 12.9. The van der Waals surface area contributed by atoms with Crippen molar-refractivity contribution in [2.75, 3.05) is 5.84 Å². The van der Waals surface area contributed by atoms with E-state index < -0.39 is 5.56 Å². The van der Waals surface area contributed by atoms with Crippen molar-refractivity contribution in [3.8, 4) is 17.3 Å². The summed E-state index contributed by atoms with van der Waals surface area (Å²) in [6.07, 6.45) is 1.59. The van der Waals surface area contributed by atoms with E-state index in [9.17, 15) is 4.79 Å². The second-order valence-electron chi connectivity index (χ2n) is 5.80. The van der Waals surface area contributed by atoms with Crippen LogP contribution in [0.4, 0.5) is 0 Å². The van der Waals surface area contributed by atoms with Gasteiger partial charge in [0.1, 0.15) is 10.3 Å². The van der Waals surface area contributed by atoms with Crippen LogP contribution in [0.25, 0.3) is 28.2 Å². The molecule has 2 N–H and O–H groups in total. The lowest BCUT2D eigenvalue weighted by atomic mass is 10.1. The average molecular weight is 466 g/mol. The normalized spacial score (nSPS) is 11.3. The molecule has 0 radical (unpaired) electrons. The fourth-order valence-corrected chi connectivity index (χ4v) is 3.67. The summed E-state index contributed by atoms with van der Waals surface area (Å²) in [5, 5.41) is 5.54. The predicted octanol–water partition coefficient (Wildman–Crippen LogP) is 3.74. The molecule has 0 spiro atoms. The van der Waals surface area contributed by atoms with Crippen LogP contribution < -0.4 is 11.4 Å². The lowest BCUT2D eigenvalue weighted by Gasteiger charge is -2.12. The van der Waals surface area contributed by atoms with E-state index in [1.165, 1.54) is 4.68 Å². The molecule has 0 saturated heterocycles. The van der Waals surface area contributed by atoms with Gasteiger partial charge in [0.2, 0.25) is 0 Å². The van der Waals surface area contributed by atoms with Crippen molar-refractivity contribution in [1.82, 2.24) is 24.4 Å². The molecule has 0 aliphatic heterocycles. The number of hydrogen-bond donors (Lipinski definition) is 1. The van der Waals surface area contributed by atoms with Crippen LogP contribution in [0.5, 0.6) is 0 Å². The van der Waals surface area contributed by atoms with Crippen LogP contribution in [0.15, 0.2) is 45.9 Å². The van der Waals surface area contributed by atoms with Gasteiger partial charge in [0.15, 0.2) is 11.6 Å². The molecule has 1 aromatic carbocycles. The molecule has 4 aromatic rings. The zero-order valence-corrected chi connectivity index (χ0v) is 16.9. The lowest BCUT2D eigenvalue weighted by Crippen LogP contribution is -2.30. The minimum atomic E-state index is -0.420. The summed E-state index contributed by atoms with van der Waals surface area (Å²) in [5.41, 5.74) is 1.31. The highest BCUT2D eigenvalue weighted by Gasteiger charge is 2.20. The van der Waals surface area contributed by atoms with E-state index in [1.54, 1.807) is 36.5 Å².